The van der Waals surface area contributed by atoms with E-state index < -0.39 is 0 Å². The van der Waals surface area contributed by atoms with Crippen molar-refractivity contribution in [3.8, 4) is 11.5 Å². The van der Waals surface area contributed by atoms with Gasteiger partial charge < -0.3 is 25.0 Å². The van der Waals surface area contributed by atoms with Gasteiger partial charge in [0.1, 0.15) is 0 Å². The van der Waals surface area contributed by atoms with Gasteiger partial charge in [-0.3, -0.25) is 9.79 Å². The molecule has 158 valence electrons. The van der Waals surface area contributed by atoms with E-state index in [1.165, 1.54) is 11.1 Å². The van der Waals surface area contributed by atoms with Gasteiger partial charge in [-0.05, 0) is 29.7 Å². The number of rotatable bonds is 5. The van der Waals surface area contributed by atoms with Crippen LogP contribution >= 0.6 is 0 Å². The van der Waals surface area contributed by atoms with Gasteiger partial charge in [-0.2, -0.15) is 0 Å². The third-order valence-corrected chi connectivity index (χ3v) is 5.29. The van der Waals surface area contributed by atoms with Crippen LogP contribution in [-0.4, -0.2) is 43.6 Å². The van der Waals surface area contributed by atoms with E-state index in [2.05, 4.69) is 27.8 Å². The molecule has 2 N–H and O–H groups in total. The van der Waals surface area contributed by atoms with Crippen LogP contribution in [0.3, 0.4) is 0 Å². The molecule has 2 aliphatic heterocycles. The van der Waals surface area contributed by atoms with Crippen molar-refractivity contribution in [2.24, 2.45) is 4.99 Å². The first kappa shape index (κ1) is 20.1. The second-order valence-electron chi connectivity index (χ2n) is 7.46. The van der Waals surface area contributed by atoms with E-state index in [0.717, 1.165) is 43.1 Å². The molecule has 0 spiro atoms. The number of amides is 1. The predicted molar refractivity (Wildman–Crippen MR) is 117 cm³/mol. The number of nitrogens with zero attached hydrogens (tertiary/aromatic N) is 2. The average molecular weight is 409 g/mol. The summed E-state index contributed by atoms with van der Waals surface area (Å²) in [6.07, 6.45) is 2.14. The number of ether oxygens (including phenoxy) is 2. The lowest BCUT2D eigenvalue weighted by Gasteiger charge is -2.16. The Morgan fingerprint density at radius 1 is 1.07 bits per heavy atom. The van der Waals surface area contributed by atoms with Crippen molar-refractivity contribution >= 4 is 17.6 Å². The second-order valence-corrected chi connectivity index (χ2v) is 7.46. The Balaban J connectivity index is 1.22. The number of carbonyl (C=O) groups is 1. The number of benzene rings is 2. The number of hydrogen-bond donors (Lipinski definition) is 2. The van der Waals surface area contributed by atoms with Crippen LogP contribution in [0, 0.1) is 0 Å². The molecule has 7 nitrogen and oxygen atoms in total. The third kappa shape index (κ3) is 4.84. The lowest BCUT2D eigenvalue weighted by atomic mass is 10.1. The van der Waals surface area contributed by atoms with Gasteiger partial charge in [-0.15, -0.1) is 0 Å². The molecule has 2 aromatic carbocycles. The number of aliphatic imine (C=N–C) groups is 1. The molecule has 2 heterocycles. The summed E-state index contributed by atoms with van der Waals surface area (Å²) in [5.41, 5.74) is 3.38. The standard InChI is InChI=1S/C23H28N4O3/c1-24-23(26-19-9-10-20-21(14-19)30-13-5-12-29-20)25-11-4-8-22(28)27-15-17-6-2-3-7-18(17)16-27/h2-3,6-7,9-10,14H,4-5,8,11-13,15-16H2,1H3,(H2,24,25,26). The fourth-order valence-corrected chi connectivity index (χ4v) is 3.67. The Bertz CT molecular complexity index is 903. The number of anilines is 1. The highest BCUT2D eigenvalue weighted by Gasteiger charge is 2.22. The number of carbonyl (C=O) groups excluding carboxylic acids is 1. The van der Waals surface area contributed by atoms with Crippen LogP contribution in [0.15, 0.2) is 47.5 Å². The van der Waals surface area contributed by atoms with Gasteiger partial charge >= 0.3 is 0 Å². The molecule has 0 aliphatic carbocycles. The molecular weight excluding hydrogens is 380 g/mol. The molecule has 0 aromatic heterocycles. The number of nitrogens with one attached hydrogen (secondary N) is 2. The highest BCUT2D eigenvalue weighted by atomic mass is 16.5. The Labute approximate surface area is 177 Å². The van der Waals surface area contributed by atoms with Crippen LogP contribution in [0.25, 0.3) is 0 Å². The monoisotopic (exact) mass is 408 g/mol. The van der Waals surface area contributed by atoms with Crippen LogP contribution in [0.4, 0.5) is 5.69 Å². The highest BCUT2D eigenvalue weighted by molar-refractivity contribution is 5.93. The predicted octanol–water partition coefficient (Wildman–Crippen LogP) is 3.16. The normalized spacial score (nSPS) is 15.4. The summed E-state index contributed by atoms with van der Waals surface area (Å²) >= 11 is 0. The van der Waals surface area contributed by atoms with Crippen molar-refractivity contribution < 1.29 is 14.3 Å². The minimum Gasteiger partial charge on any atom is -0.490 e. The van der Waals surface area contributed by atoms with Gasteiger partial charge in [-0.25, -0.2) is 0 Å². The van der Waals surface area contributed by atoms with Crippen molar-refractivity contribution in [3.63, 3.8) is 0 Å². The molecule has 0 saturated carbocycles. The van der Waals surface area contributed by atoms with E-state index in [-0.39, 0.29) is 5.91 Å². The maximum absolute atomic E-state index is 12.5. The van der Waals surface area contributed by atoms with E-state index in [1.807, 2.05) is 35.2 Å². The van der Waals surface area contributed by atoms with Crippen LogP contribution in [0.2, 0.25) is 0 Å². The number of fused-ring (bicyclic) bond motifs is 2. The first-order valence-corrected chi connectivity index (χ1v) is 10.4. The highest BCUT2D eigenvalue weighted by Crippen LogP contribution is 2.32. The third-order valence-electron chi connectivity index (χ3n) is 5.29. The maximum atomic E-state index is 12.5. The van der Waals surface area contributed by atoms with Crippen molar-refractivity contribution in [3.05, 3.63) is 53.6 Å². The topological polar surface area (TPSA) is 75.2 Å². The first-order chi connectivity index (χ1) is 14.7. The zero-order valence-electron chi connectivity index (χ0n) is 17.3. The van der Waals surface area contributed by atoms with Crippen LogP contribution in [0.1, 0.15) is 30.4 Å². The van der Waals surface area contributed by atoms with Gasteiger partial charge in [0, 0.05) is 51.3 Å². The van der Waals surface area contributed by atoms with Crippen molar-refractivity contribution in [1.29, 1.82) is 0 Å². The van der Waals surface area contributed by atoms with Gasteiger partial charge in [0.25, 0.3) is 0 Å². The van der Waals surface area contributed by atoms with E-state index in [0.29, 0.717) is 32.1 Å². The first-order valence-electron chi connectivity index (χ1n) is 10.4. The summed E-state index contributed by atoms with van der Waals surface area (Å²) in [6, 6.07) is 14.0. The fourth-order valence-electron chi connectivity index (χ4n) is 3.67. The van der Waals surface area contributed by atoms with E-state index in [9.17, 15) is 4.79 Å². The van der Waals surface area contributed by atoms with E-state index >= 15 is 0 Å². The Morgan fingerprint density at radius 3 is 2.53 bits per heavy atom. The maximum Gasteiger partial charge on any atom is 0.223 e. The molecule has 30 heavy (non-hydrogen) atoms. The summed E-state index contributed by atoms with van der Waals surface area (Å²) in [6.45, 7) is 3.42. The Morgan fingerprint density at radius 2 is 1.80 bits per heavy atom. The zero-order chi connectivity index (χ0) is 20.8. The van der Waals surface area contributed by atoms with Gasteiger partial charge in [0.15, 0.2) is 17.5 Å². The summed E-state index contributed by atoms with van der Waals surface area (Å²) in [4.78, 5) is 18.7. The molecule has 1 amide bonds. The summed E-state index contributed by atoms with van der Waals surface area (Å²) in [5, 5.41) is 6.53. The van der Waals surface area contributed by atoms with Crippen molar-refractivity contribution in [2.75, 3.05) is 32.1 Å². The number of guanidine groups is 1. The van der Waals surface area contributed by atoms with Crippen LogP contribution in [-0.2, 0) is 17.9 Å². The van der Waals surface area contributed by atoms with Crippen LogP contribution < -0.4 is 20.1 Å². The molecule has 0 atom stereocenters. The molecular formula is C23H28N4O3. The quantitative estimate of drug-likeness (QED) is 0.452. The fraction of sp³-hybridized carbons (Fsp3) is 0.391. The minimum atomic E-state index is 0.193. The minimum absolute atomic E-state index is 0.193. The number of hydrogen-bond acceptors (Lipinski definition) is 4. The Kier molecular flexibility index (Phi) is 6.37. The molecule has 4 rings (SSSR count). The average Bonchev–Trinajstić information content (AvgIpc) is 3.07. The van der Waals surface area contributed by atoms with Gasteiger partial charge in [-0.1, -0.05) is 24.3 Å². The second kappa shape index (κ2) is 9.52. The van der Waals surface area contributed by atoms with E-state index in [4.69, 9.17) is 9.47 Å². The summed E-state index contributed by atoms with van der Waals surface area (Å²) in [5.74, 6) is 2.36. The largest absolute Gasteiger partial charge is 0.490 e. The lowest BCUT2D eigenvalue weighted by molar-refractivity contribution is -0.131. The molecule has 0 radical (unpaired) electrons. The van der Waals surface area contributed by atoms with Gasteiger partial charge in [0.05, 0.1) is 13.2 Å². The molecule has 2 aliphatic rings. The molecule has 0 bridgehead atoms. The SMILES string of the molecule is CN=C(NCCCC(=O)N1Cc2ccccc2C1)Nc1ccc2c(c1)OCCCO2. The molecule has 0 unspecified atom stereocenters. The molecule has 7 heteroatoms. The smallest absolute Gasteiger partial charge is 0.223 e. The summed E-state index contributed by atoms with van der Waals surface area (Å²) in [7, 11) is 1.73. The molecule has 2 aromatic rings. The Hall–Kier alpha value is -3.22. The zero-order valence-corrected chi connectivity index (χ0v) is 17.3. The molecule has 0 saturated heterocycles. The van der Waals surface area contributed by atoms with Crippen molar-refractivity contribution in [2.45, 2.75) is 32.4 Å². The van der Waals surface area contributed by atoms with E-state index in [1.54, 1.807) is 7.05 Å². The molecule has 0 fully saturated rings. The van der Waals surface area contributed by atoms with Crippen molar-refractivity contribution in [1.82, 2.24) is 10.2 Å². The summed E-state index contributed by atoms with van der Waals surface area (Å²) < 4.78 is 11.4. The van der Waals surface area contributed by atoms with Gasteiger partial charge in [0.2, 0.25) is 5.91 Å². The van der Waals surface area contributed by atoms with Crippen LogP contribution in [0.5, 0.6) is 11.5 Å². The lowest BCUT2D eigenvalue weighted by Crippen LogP contribution is -2.32.